The van der Waals surface area contributed by atoms with E-state index in [2.05, 4.69) is 5.32 Å². The first kappa shape index (κ1) is 13.2. The fraction of sp³-hybridized carbons (Fsp3) is 0.333. The molecule has 1 unspecified atom stereocenters. The molecule has 18 heavy (non-hydrogen) atoms. The van der Waals surface area contributed by atoms with Crippen molar-refractivity contribution in [2.24, 2.45) is 0 Å². The zero-order valence-corrected chi connectivity index (χ0v) is 11.1. The molecule has 1 aromatic carbocycles. The van der Waals surface area contributed by atoms with E-state index in [-0.39, 0.29) is 21.7 Å². The van der Waals surface area contributed by atoms with Gasteiger partial charge in [-0.05, 0) is 36.8 Å². The third-order valence-electron chi connectivity index (χ3n) is 2.70. The molecule has 1 fully saturated rings. The maximum absolute atomic E-state index is 11.9. The number of nitrogens with one attached hydrogen (secondary N) is 1. The Kier molecular flexibility index (Phi) is 4.14. The zero-order valence-electron chi connectivity index (χ0n) is 9.48. The van der Waals surface area contributed by atoms with Gasteiger partial charge in [0, 0.05) is 0 Å². The number of carboxylic acids is 1. The molecule has 96 valence electrons. The molecule has 6 heteroatoms. The highest BCUT2D eigenvalue weighted by Gasteiger charge is 2.23. The van der Waals surface area contributed by atoms with E-state index in [1.54, 1.807) is 11.8 Å². The molecular weight excluding hydrogens is 274 g/mol. The highest BCUT2D eigenvalue weighted by molar-refractivity contribution is 8.00. The molecule has 0 aliphatic carbocycles. The molecule has 1 aromatic rings. The van der Waals surface area contributed by atoms with E-state index in [4.69, 9.17) is 16.7 Å². The van der Waals surface area contributed by atoms with Gasteiger partial charge in [-0.25, -0.2) is 4.79 Å². The van der Waals surface area contributed by atoms with E-state index in [1.807, 2.05) is 0 Å². The summed E-state index contributed by atoms with van der Waals surface area (Å²) in [4.78, 5) is 22.6. The predicted octanol–water partition coefficient (Wildman–Crippen LogP) is 2.87. The lowest BCUT2D eigenvalue weighted by Crippen LogP contribution is -2.23. The van der Waals surface area contributed by atoms with E-state index < -0.39 is 5.97 Å². The average Bonchev–Trinajstić information content (AvgIpc) is 2.85. The van der Waals surface area contributed by atoms with Gasteiger partial charge >= 0.3 is 5.97 Å². The number of halogens is 1. The molecule has 1 amide bonds. The van der Waals surface area contributed by atoms with Crippen molar-refractivity contribution in [3.8, 4) is 0 Å². The van der Waals surface area contributed by atoms with Gasteiger partial charge in [0.05, 0.1) is 21.5 Å². The lowest BCUT2D eigenvalue weighted by molar-refractivity contribution is -0.115. The second-order valence-corrected chi connectivity index (χ2v) is 5.71. The topological polar surface area (TPSA) is 66.4 Å². The normalized spacial score (nSPS) is 18.6. The van der Waals surface area contributed by atoms with Crippen molar-refractivity contribution in [1.29, 1.82) is 0 Å². The lowest BCUT2D eigenvalue weighted by Gasteiger charge is -2.11. The summed E-state index contributed by atoms with van der Waals surface area (Å²) in [5.41, 5.74) is 0.562. The molecule has 0 aromatic heterocycles. The Bertz CT molecular complexity index is 486. The Balaban J connectivity index is 2.09. The summed E-state index contributed by atoms with van der Waals surface area (Å²) in [7, 11) is 0. The standard InChI is InChI=1S/C12H12ClNO3S/c13-8-6-7(12(16)17)3-4-9(8)14-11(15)10-2-1-5-18-10/h3-4,6,10H,1-2,5H2,(H,14,15)(H,16,17). The van der Waals surface area contributed by atoms with Crippen LogP contribution >= 0.6 is 23.4 Å². The van der Waals surface area contributed by atoms with Crippen LogP contribution in [0.5, 0.6) is 0 Å². The van der Waals surface area contributed by atoms with E-state index in [9.17, 15) is 9.59 Å². The Morgan fingerprint density at radius 3 is 2.78 bits per heavy atom. The second-order valence-electron chi connectivity index (χ2n) is 3.99. The Hall–Kier alpha value is -1.20. The van der Waals surface area contributed by atoms with Crippen molar-refractivity contribution >= 4 is 40.9 Å². The van der Waals surface area contributed by atoms with Crippen LogP contribution in [0.1, 0.15) is 23.2 Å². The van der Waals surface area contributed by atoms with Gasteiger partial charge in [0.25, 0.3) is 0 Å². The SMILES string of the molecule is O=C(O)c1ccc(NC(=O)C2CCCS2)c(Cl)c1. The van der Waals surface area contributed by atoms with E-state index in [0.29, 0.717) is 5.69 Å². The van der Waals surface area contributed by atoms with Gasteiger partial charge in [-0.1, -0.05) is 11.6 Å². The number of hydrogen-bond donors (Lipinski definition) is 2. The van der Waals surface area contributed by atoms with Crippen molar-refractivity contribution < 1.29 is 14.7 Å². The number of carboxylic acid groups (broad SMARTS) is 1. The summed E-state index contributed by atoms with van der Waals surface area (Å²) in [5.74, 6) is -0.104. The van der Waals surface area contributed by atoms with Crippen molar-refractivity contribution in [3.63, 3.8) is 0 Å². The Morgan fingerprint density at radius 1 is 1.44 bits per heavy atom. The second kappa shape index (κ2) is 5.63. The summed E-state index contributed by atoms with van der Waals surface area (Å²) >= 11 is 7.57. The van der Waals surface area contributed by atoms with Crippen LogP contribution in [0.4, 0.5) is 5.69 Å². The lowest BCUT2D eigenvalue weighted by atomic mass is 10.2. The van der Waals surface area contributed by atoms with Gasteiger partial charge in [-0.3, -0.25) is 4.79 Å². The van der Waals surface area contributed by atoms with Gasteiger partial charge in [-0.15, -0.1) is 11.8 Å². The maximum atomic E-state index is 11.9. The van der Waals surface area contributed by atoms with Crippen molar-refractivity contribution in [2.45, 2.75) is 18.1 Å². The summed E-state index contributed by atoms with van der Waals surface area (Å²) in [5, 5.41) is 11.8. The highest BCUT2D eigenvalue weighted by atomic mass is 35.5. The predicted molar refractivity (Wildman–Crippen MR) is 72.5 cm³/mol. The maximum Gasteiger partial charge on any atom is 0.335 e. The van der Waals surface area contributed by atoms with Crippen LogP contribution < -0.4 is 5.32 Å². The summed E-state index contributed by atoms with van der Waals surface area (Å²) in [6, 6.07) is 4.27. The fourth-order valence-electron chi connectivity index (χ4n) is 1.75. The van der Waals surface area contributed by atoms with Crippen LogP contribution in [-0.4, -0.2) is 28.0 Å². The van der Waals surface area contributed by atoms with Crippen LogP contribution in [0, 0.1) is 0 Å². The number of aromatic carboxylic acids is 1. The minimum absolute atomic E-state index is 0.0276. The molecule has 0 spiro atoms. The van der Waals surface area contributed by atoms with Gasteiger partial charge in [0.15, 0.2) is 0 Å². The highest BCUT2D eigenvalue weighted by Crippen LogP contribution is 2.29. The van der Waals surface area contributed by atoms with E-state index >= 15 is 0 Å². The monoisotopic (exact) mass is 285 g/mol. The quantitative estimate of drug-likeness (QED) is 0.896. The van der Waals surface area contributed by atoms with Crippen molar-refractivity contribution in [2.75, 3.05) is 11.1 Å². The molecule has 4 nitrogen and oxygen atoms in total. The average molecular weight is 286 g/mol. The molecule has 2 rings (SSSR count). The smallest absolute Gasteiger partial charge is 0.335 e. The van der Waals surface area contributed by atoms with Crippen LogP contribution in [0.25, 0.3) is 0 Å². The molecule has 1 aliphatic rings. The molecule has 1 aliphatic heterocycles. The van der Waals surface area contributed by atoms with Gasteiger partial charge in [0.1, 0.15) is 0 Å². The number of thioether (sulfide) groups is 1. The Morgan fingerprint density at radius 2 is 2.22 bits per heavy atom. The van der Waals surface area contributed by atoms with Crippen molar-refractivity contribution in [1.82, 2.24) is 0 Å². The third kappa shape index (κ3) is 2.97. The summed E-state index contributed by atoms with van der Waals surface area (Å²) < 4.78 is 0. The summed E-state index contributed by atoms with van der Waals surface area (Å²) in [6.07, 6.45) is 1.93. The number of hydrogen-bond acceptors (Lipinski definition) is 3. The Labute approximate surface area is 114 Å². The number of carbonyl (C=O) groups excluding carboxylic acids is 1. The molecule has 1 saturated heterocycles. The fourth-order valence-corrected chi connectivity index (χ4v) is 3.14. The summed E-state index contributed by atoms with van der Waals surface area (Å²) in [6.45, 7) is 0. The first-order valence-corrected chi connectivity index (χ1v) is 6.96. The third-order valence-corrected chi connectivity index (χ3v) is 4.39. The van der Waals surface area contributed by atoms with Crippen LogP contribution in [0.3, 0.4) is 0 Å². The molecule has 2 N–H and O–H groups in total. The van der Waals surface area contributed by atoms with Crippen molar-refractivity contribution in [3.05, 3.63) is 28.8 Å². The minimum Gasteiger partial charge on any atom is -0.478 e. The number of anilines is 1. The van der Waals surface area contributed by atoms with Gasteiger partial charge in [0.2, 0.25) is 5.91 Å². The molecular formula is C12H12ClNO3S. The number of rotatable bonds is 3. The minimum atomic E-state index is -1.04. The van der Waals surface area contributed by atoms with Crippen LogP contribution in [0.2, 0.25) is 5.02 Å². The van der Waals surface area contributed by atoms with E-state index in [1.165, 1.54) is 18.2 Å². The van der Waals surface area contributed by atoms with E-state index in [0.717, 1.165) is 18.6 Å². The molecule has 0 saturated carbocycles. The number of amides is 1. The zero-order chi connectivity index (χ0) is 13.1. The molecule has 1 heterocycles. The largest absolute Gasteiger partial charge is 0.478 e. The van der Waals surface area contributed by atoms with Gasteiger partial charge in [-0.2, -0.15) is 0 Å². The number of benzene rings is 1. The van der Waals surface area contributed by atoms with Crippen LogP contribution in [0.15, 0.2) is 18.2 Å². The first-order valence-electron chi connectivity index (χ1n) is 5.53. The molecule has 0 bridgehead atoms. The number of carbonyl (C=O) groups is 2. The molecule has 0 radical (unpaired) electrons. The first-order chi connectivity index (χ1) is 8.58. The molecule has 1 atom stereocenters. The van der Waals surface area contributed by atoms with Gasteiger partial charge < -0.3 is 10.4 Å². The van der Waals surface area contributed by atoms with Crippen LogP contribution in [-0.2, 0) is 4.79 Å².